The van der Waals surface area contributed by atoms with Crippen LogP contribution in [0.3, 0.4) is 0 Å². The van der Waals surface area contributed by atoms with E-state index in [0.717, 1.165) is 0 Å². The van der Waals surface area contributed by atoms with Crippen LogP contribution in [0.15, 0.2) is 91.0 Å². The third-order valence-electron chi connectivity index (χ3n) is 3.97. The van der Waals surface area contributed by atoms with Gasteiger partial charge in [-0.2, -0.15) is 0 Å². The Bertz CT molecular complexity index is 800. The summed E-state index contributed by atoms with van der Waals surface area (Å²) in [7, 11) is 0. The van der Waals surface area contributed by atoms with Gasteiger partial charge in [-0.25, -0.2) is 0 Å². The molecule has 1 heteroatoms. The van der Waals surface area contributed by atoms with Crippen molar-refractivity contribution in [1.29, 1.82) is 0 Å². The van der Waals surface area contributed by atoms with Gasteiger partial charge in [-0.1, -0.05) is 94.2 Å². The molecule has 0 nitrogen and oxygen atoms in total. The van der Waals surface area contributed by atoms with Crippen molar-refractivity contribution in [1.82, 2.24) is 0 Å². The summed E-state index contributed by atoms with van der Waals surface area (Å²) < 4.78 is 0. The molecule has 0 aliphatic rings. The van der Waals surface area contributed by atoms with Crippen LogP contribution in [0.25, 0.3) is 33.0 Å². The quantitative estimate of drug-likeness (QED) is 0.389. The van der Waals surface area contributed by atoms with Crippen molar-refractivity contribution in [2.75, 3.05) is 0 Å². The van der Waals surface area contributed by atoms with Gasteiger partial charge in [0.15, 0.2) is 0 Å². The van der Waals surface area contributed by atoms with E-state index in [0.29, 0.717) is 0 Å². The van der Waals surface area contributed by atoms with Crippen LogP contribution >= 0.6 is 0 Å². The number of hydrogen-bond donors (Lipinski definition) is 0. The molecule has 4 rings (SSSR count). The van der Waals surface area contributed by atoms with Gasteiger partial charge < -0.3 is 0 Å². The summed E-state index contributed by atoms with van der Waals surface area (Å²) in [5.74, 6) is 0. The maximum absolute atomic E-state index is 2.31. The van der Waals surface area contributed by atoms with E-state index in [-0.39, 0.29) is 18.9 Å². The topological polar surface area (TPSA) is 0 Å². The van der Waals surface area contributed by atoms with E-state index in [1.165, 1.54) is 33.0 Å². The van der Waals surface area contributed by atoms with Gasteiger partial charge in [0, 0.05) is 0 Å². The van der Waals surface area contributed by atoms with Gasteiger partial charge in [0.25, 0.3) is 0 Å². The van der Waals surface area contributed by atoms with Crippen LogP contribution in [-0.4, -0.2) is 0 Å². The number of hydrogen-bond acceptors (Lipinski definition) is 0. The molecule has 0 aliphatic carbocycles. The first-order chi connectivity index (χ1) is 10.4. The molecule has 0 atom stereocenters. The van der Waals surface area contributed by atoms with E-state index >= 15 is 0 Å². The molecule has 0 unspecified atom stereocenters. The molecule has 0 N–H and O–H groups in total. The Morgan fingerprint density at radius 2 is 1.18 bits per heavy atom. The number of fused-ring (bicyclic) bond motifs is 1. The van der Waals surface area contributed by atoms with E-state index in [9.17, 15) is 0 Å². The van der Waals surface area contributed by atoms with Crippen LogP contribution in [0.4, 0.5) is 0 Å². The molecule has 0 saturated heterocycles. The van der Waals surface area contributed by atoms with Gasteiger partial charge >= 0.3 is 18.9 Å². The third kappa shape index (κ3) is 2.53. The van der Waals surface area contributed by atoms with Crippen LogP contribution in [0.5, 0.6) is 0 Å². The van der Waals surface area contributed by atoms with Crippen molar-refractivity contribution < 1.29 is 18.9 Å². The minimum Gasteiger partial charge on any atom is -0.108 e. The molecule has 0 aromatic heterocycles. The molecule has 0 radical (unpaired) electrons. The normalized spacial score (nSPS) is 10.4. The molecule has 0 spiro atoms. The zero-order valence-electron chi connectivity index (χ0n) is 12.7. The summed E-state index contributed by atoms with van der Waals surface area (Å²) in [4.78, 5) is 0. The molecule has 0 fully saturated rings. The third-order valence-corrected chi connectivity index (χ3v) is 3.97. The molecule has 0 saturated carbocycles. The van der Waals surface area contributed by atoms with E-state index < -0.39 is 0 Å². The summed E-state index contributed by atoms with van der Waals surface area (Å²) in [5, 5.41) is 2.64. The molecule has 0 aliphatic heterocycles. The van der Waals surface area contributed by atoms with Crippen molar-refractivity contribution in [2.45, 2.75) is 0 Å². The fourth-order valence-electron chi connectivity index (χ4n) is 2.97. The Labute approximate surface area is 143 Å². The number of benzene rings is 3. The van der Waals surface area contributed by atoms with E-state index in [4.69, 9.17) is 0 Å². The van der Waals surface area contributed by atoms with Gasteiger partial charge in [-0.15, -0.1) is 29.8 Å². The first kappa shape index (κ1) is 14.8. The molecule has 4 aromatic rings. The van der Waals surface area contributed by atoms with E-state index in [2.05, 4.69) is 91.0 Å². The monoisotopic (exact) mass is 274 g/mol. The summed E-state index contributed by atoms with van der Waals surface area (Å²) in [6, 6.07) is 32.2. The molecular weight excluding hydrogens is 259 g/mol. The fourth-order valence-corrected chi connectivity index (χ4v) is 2.97. The minimum atomic E-state index is 0. The maximum Gasteiger partial charge on any atom is 1.00 e. The van der Waals surface area contributed by atoms with Gasteiger partial charge in [0.1, 0.15) is 0 Å². The predicted molar refractivity (Wildman–Crippen MR) is 90.4 cm³/mol. The second kappa shape index (κ2) is 6.32. The molecule has 4 aromatic carbocycles. The average molecular weight is 274 g/mol. The molecule has 0 amide bonds. The summed E-state index contributed by atoms with van der Waals surface area (Å²) in [5.41, 5.74) is 5.17. The Morgan fingerprint density at radius 1 is 0.591 bits per heavy atom. The molecular formula is C21H15Li. The molecule has 0 heterocycles. The van der Waals surface area contributed by atoms with E-state index in [1.807, 2.05) is 0 Å². The zero-order valence-corrected chi connectivity index (χ0v) is 12.7. The summed E-state index contributed by atoms with van der Waals surface area (Å²) in [6.45, 7) is 0. The Balaban J connectivity index is 0.00000144. The van der Waals surface area contributed by atoms with Gasteiger partial charge in [0.2, 0.25) is 0 Å². The Kier molecular flexibility index (Phi) is 4.25. The van der Waals surface area contributed by atoms with Crippen LogP contribution in [-0.2, 0) is 0 Å². The van der Waals surface area contributed by atoms with Crippen LogP contribution in [0.2, 0.25) is 0 Å². The first-order valence-electron chi connectivity index (χ1n) is 7.23. The van der Waals surface area contributed by atoms with Gasteiger partial charge in [-0.05, 0) is 0 Å². The second-order valence-corrected chi connectivity index (χ2v) is 5.25. The van der Waals surface area contributed by atoms with Gasteiger partial charge in [0.05, 0.1) is 0 Å². The fraction of sp³-hybridized carbons (Fsp3) is 0. The van der Waals surface area contributed by atoms with Crippen molar-refractivity contribution in [3.63, 3.8) is 0 Å². The van der Waals surface area contributed by atoms with Crippen LogP contribution < -0.4 is 18.9 Å². The Hall–Kier alpha value is -2.13. The summed E-state index contributed by atoms with van der Waals surface area (Å²) in [6.07, 6.45) is 0. The molecule has 0 bridgehead atoms. The van der Waals surface area contributed by atoms with Crippen LogP contribution in [0.1, 0.15) is 0 Å². The largest absolute Gasteiger partial charge is 1.00 e. The van der Waals surface area contributed by atoms with Crippen molar-refractivity contribution in [3.8, 4) is 22.3 Å². The summed E-state index contributed by atoms with van der Waals surface area (Å²) >= 11 is 0. The van der Waals surface area contributed by atoms with Crippen LogP contribution in [0, 0.1) is 0 Å². The average Bonchev–Trinajstić information content (AvgIpc) is 2.96. The maximum atomic E-state index is 2.31. The molecule has 22 heavy (non-hydrogen) atoms. The van der Waals surface area contributed by atoms with Crippen molar-refractivity contribution in [2.24, 2.45) is 0 Å². The Morgan fingerprint density at radius 3 is 1.91 bits per heavy atom. The predicted octanol–water partition coefficient (Wildman–Crippen LogP) is 2.90. The van der Waals surface area contributed by atoms with Crippen molar-refractivity contribution >= 4 is 10.8 Å². The van der Waals surface area contributed by atoms with Gasteiger partial charge in [-0.3, -0.25) is 0 Å². The zero-order chi connectivity index (χ0) is 14.1. The number of rotatable bonds is 2. The SMILES string of the molecule is [Li+].c1ccc(-c2c[c-](-c3ccccc3)c3ccccc23)cc1. The standard InChI is InChI=1S/C21H15.Li/c1-3-9-16(10-4-1)20-15-21(17-11-5-2-6-12-17)19-14-8-7-13-18(19)20;/h1-15H;/q-1;+1. The van der Waals surface area contributed by atoms with Crippen molar-refractivity contribution in [3.05, 3.63) is 91.0 Å². The minimum absolute atomic E-state index is 0. The van der Waals surface area contributed by atoms with E-state index in [1.54, 1.807) is 0 Å². The molecule has 100 valence electrons. The second-order valence-electron chi connectivity index (χ2n) is 5.25. The smallest absolute Gasteiger partial charge is 0.108 e. The first-order valence-corrected chi connectivity index (χ1v) is 7.23.